The van der Waals surface area contributed by atoms with Gasteiger partial charge in [0.05, 0.1) is 7.11 Å². The minimum atomic E-state index is -4.98. The first-order valence-corrected chi connectivity index (χ1v) is 5.61. The molecule has 0 saturated heterocycles. The lowest BCUT2D eigenvalue weighted by molar-refractivity contribution is -0.262. The second kappa shape index (κ2) is 5.38. The smallest absolute Gasteiger partial charge is 0.418 e. The van der Waals surface area contributed by atoms with Crippen LogP contribution < -0.4 is 0 Å². The fourth-order valence-electron chi connectivity index (χ4n) is 1.63. The molecule has 0 fully saturated rings. The highest BCUT2D eigenvalue weighted by Crippen LogP contribution is 2.41. The van der Waals surface area contributed by atoms with Crippen LogP contribution >= 0.6 is 11.6 Å². The summed E-state index contributed by atoms with van der Waals surface area (Å²) in [6.07, 6.45) is -4.98. The number of hydrogen-bond acceptors (Lipinski definition) is 3. The second-order valence-corrected chi connectivity index (χ2v) is 4.59. The predicted octanol–water partition coefficient (Wildman–Crippen LogP) is 2.91. The highest BCUT2D eigenvalue weighted by Gasteiger charge is 2.58. The third-order valence-corrected chi connectivity index (χ3v) is 3.03. The van der Waals surface area contributed by atoms with Crippen molar-refractivity contribution in [3.05, 3.63) is 34.9 Å². The van der Waals surface area contributed by atoms with Crippen molar-refractivity contribution in [3.8, 4) is 0 Å². The van der Waals surface area contributed by atoms with Crippen molar-refractivity contribution in [2.75, 3.05) is 7.11 Å². The second-order valence-electron chi connectivity index (χ2n) is 4.15. The largest absolute Gasteiger partial charge is 0.468 e. The average molecular weight is 297 g/mol. The minimum Gasteiger partial charge on any atom is -0.468 e. The maximum Gasteiger partial charge on any atom is 0.418 e. The molecular weight excluding hydrogens is 285 g/mol. The first-order valence-electron chi connectivity index (χ1n) is 5.23. The molecule has 0 radical (unpaired) electrons. The van der Waals surface area contributed by atoms with Gasteiger partial charge < -0.3 is 9.84 Å². The van der Waals surface area contributed by atoms with Crippen LogP contribution in [0.5, 0.6) is 0 Å². The number of carbonyl (C=O) groups excluding carboxylic acids is 1. The number of halogens is 4. The highest BCUT2D eigenvalue weighted by molar-refractivity contribution is 6.30. The van der Waals surface area contributed by atoms with Gasteiger partial charge in [-0.15, -0.1) is 0 Å². The van der Waals surface area contributed by atoms with Crippen molar-refractivity contribution >= 4 is 17.6 Å². The fraction of sp³-hybridized carbons (Fsp3) is 0.417. The van der Waals surface area contributed by atoms with E-state index in [1.54, 1.807) is 0 Å². The molecule has 3 nitrogen and oxygen atoms in total. The van der Waals surface area contributed by atoms with Gasteiger partial charge in [-0.25, -0.2) is 0 Å². The zero-order valence-electron chi connectivity index (χ0n) is 10.2. The van der Waals surface area contributed by atoms with E-state index in [1.807, 2.05) is 0 Å². The number of aliphatic hydroxyl groups is 1. The SMILES string of the molecule is COC(=O)C(c1ccc(Cl)cc1)C(C)(O)C(F)(F)F. The van der Waals surface area contributed by atoms with Crippen LogP contribution in [-0.4, -0.2) is 30.0 Å². The van der Waals surface area contributed by atoms with E-state index >= 15 is 0 Å². The van der Waals surface area contributed by atoms with Gasteiger partial charge in [0.2, 0.25) is 0 Å². The molecule has 0 aliphatic rings. The van der Waals surface area contributed by atoms with Crippen LogP contribution in [0.15, 0.2) is 24.3 Å². The summed E-state index contributed by atoms with van der Waals surface area (Å²) in [5, 5.41) is 9.98. The Morgan fingerprint density at radius 1 is 1.32 bits per heavy atom. The lowest BCUT2D eigenvalue weighted by Gasteiger charge is -2.33. The summed E-state index contributed by atoms with van der Waals surface area (Å²) < 4.78 is 42.9. The van der Waals surface area contributed by atoms with Crippen molar-refractivity contribution in [2.24, 2.45) is 0 Å². The topological polar surface area (TPSA) is 46.5 Å². The molecule has 7 heteroatoms. The molecule has 0 bridgehead atoms. The van der Waals surface area contributed by atoms with Gasteiger partial charge in [-0.3, -0.25) is 4.79 Å². The number of carbonyl (C=O) groups is 1. The maximum atomic E-state index is 12.9. The molecule has 19 heavy (non-hydrogen) atoms. The molecule has 0 heterocycles. The molecule has 0 saturated carbocycles. The predicted molar refractivity (Wildman–Crippen MR) is 62.9 cm³/mol. The van der Waals surface area contributed by atoms with E-state index in [-0.39, 0.29) is 5.56 Å². The monoisotopic (exact) mass is 296 g/mol. The molecule has 0 amide bonds. The maximum absolute atomic E-state index is 12.9. The average Bonchev–Trinajstić information content (AvgIpc) is 2.30. The van der Waals surface area contributed by atoms with Gasteiger partial charge in [0, 0.05) is 5.02 Å². The molecule has 1 rings (SSSR count). The van der Waals surface area contributed by atoms with Gasteiger partial charge >= 0.3 is 12.1 Å². The summed E-state index contributed by atoms with van der Waals surface area (Å²) in [4.78, 5) is 11.6. The number of ether oxygens (including phenoxy) is 1. The normalized spacial score (nSPS) is 16.6. The van der Waals surface area contributed by atoms with E-state index < -0.39 is 23.7 Å². The molecule has 1 aromatic carbocycles. The lowest BCUT2D eigenvalue weighted by Crippen LogP contribution is -2.50. The summed E-state index contributed by atoms with van der Waals surface area (Å²) >= 11 is 5.63. The number of esters is 1. The molecule has 1 N–H and O–H groups in total. The van der Waals surface area contributed by atoms with Crippen molar-refractivity contribution in [1.82, 2.24) is 0 Å². The Labute approximate surface area is 112 Å². The summed E-state index contributed by atoms with van der Waals surface area (Å²) in [5.74, 6) is -3.06. The molecule has 0 spiro atoms. The van der Waals surface area contributed by atoms with Crippen LogP contribution in [0.4, 0.5) is 13.2 Å². The zero-order chi connectivity index (χ0) is 14.8. The molecule has 2 unspecified atom stereocenters. The van der Waals surface area contributed by atoms with E-state index in [9.17, 15) is 23.1 Å². The van der Waals surface area contributed by atoms with E-state index in [2.05, 4.69) is 4.74 Å². The molecule has 106 valence electrons. The van der Waals surface area contributed by atoms with Crippen LogP contribution in [0.2, 0.25) is 5.02 Å². The summed E-state index contributed by atoms with van der Waals surface area (Å²) in [6, 6.07) is 5.15. The first kappa shape index (κ1) is 15.8. The van der Waals surface area contributed by atoms with Crippen molar-refractivity contribution in [3.63, 3.8) is 0 Å². The molecular formula is C12H12ClF3O3. The van der Waals surface area contributed by atoms with Crippen molar-refractivity contribution < 1.29 is 27.8 Å². The van der Waals surface area contributed by atoms with Gasteiger partial charge in [-0.1, -0.05) is 23.7 Å². The summed E-state index contributed by atoms with van der Waals surface area (Å²) in [6.45, 7) is 0.531. The third-order valence-electron chi connectivity index (χ3n) is 2.78. The lowest BCUT2D eigenvalue weighted by atomic mass is 9.83. The Balaban J connectivity index is 3.31. The van der Waals surface area contributed by atoms with Crippen LogP contribution in [0.1, 0.15) is 18.4 Å². The van der Waals surface area contributed by atoms with Crippen molar-refractivity contribution in [1.29, 1.82) is 0 Å². The molecule has 2 atom stereocenters. The molecule has 0 aliphatic heterocycles. The third kappa shape index (κ3) is 3.19. The van der Waals surface area contributed by atoms with E-state index in [1.165, 1.54) is 24.3 Å². The van der Waals surface area contributed by atoms with E-state index in [0.717, 1.165) is 7.11 Å². The summed E-state index contributed by atoms with van der Waals surface area (Å²) in [7, 11) is 0.956. The van der Waals surface area contributed by atoms with Crippen LogP contribution in [0.3, 0.4) is 0 Å². The number of benzene rings is 1. The van der Waals surface area contributed by atoms with Crippen LogP contribution in [0.25, 0.3) is 0 Å². The Kier molecular flexibility index (Phi) is 4.47. The number of hydrogen-bond donors (Lipinski definition) is 1. The minimum absolute atomic E-state index is 0.0291. The number of methoxy groups -OCH3 is 1. The van der Waals surface area contributed by atoms with E-state index in [4.69, 9.17) is 11.6 Å². The molecule has 1 aromatic rings. The van der Waals surface area contributed by atoms with Gasteiger partial charge in [0.15, 0.2) is 5.60 Å². The first-order chi connectivity index (χ1) is 8.61. The van der Waals surface area contributed by atoms with E-state index in [0.29, 0.717) is 11.9 Å². The van der Waals surface area contributed by atoms with Gasteiger partial charge in [0.25, 0.3) is 0 Å². The van der Waals surface area contributed by atoms with Crippen LogP contribution in [-0.2, 0) is 9.53 Å². The molecule has 0 aliphatic carbocycles. The van der Waals surface area contributed by atoms with Gasteiger partial charge in [-0.2, -0.15) is 13.2 Å². The Hall–Kier alpha value is -1.27. The highest BCUT2D eigenvalue weighted by atomic mass is 35.5. The van der Waals surface area contributed by atoms with Crippen LogP contribution in [0, 0.1) is 0 Å². The standard InChI is InChI=1S/C12H12ClF3O3/c1-11(18,12(14,15)16)9(10(17)19-2)7-3-5-8(13)6-4-7/h3-6,9,18H,1-2H3. The number of alkyl halides is 3. The quantitative estimate of drug-likeness (QED) is 0.873. The van der Waals surface area contributed by atoms with Gasteiger partial charge in [-0.05, 0) is 24.6 Å². The Bertz CT molecular complexity index is 454. The Morgan fingerprint density at radius 2 is 1.79 bits per heavy atom. The van der Waals surface area contributed by atoms with Gasteiger partial charge in [0.1, 0.15) is 5.92 Å². The fourth-order valence-corrected chi connectivity index (χ4v) is 1.75. The zero-order valence-corrected chi connectivity index (χ0v) is 10.9. The Morgan fingerprint density at radius 3 is 2.16 bits per heavy atom. The number of rotatable bonds is 3. The summed E-state index contributed by atoms with van der Waals surface area (Å²) in [5.41, 5.74) is -3.27. The molecule has 0 aromatic heterocycles. The van der Waals surface area contributed by atoms with Crippen molar-refractivity contribution in [2.45, 2.75) is 24.6 Å².